The van der Waals surface area contributed by atoms with Gasteiger partial charge in [0, 0.05) is 9.50 Å². The van der Waals surface area contributed by atoms with Crippen molar-refractivity contribution in [3.63, 3.8) is 0 Å². The number of aryl methyl sites for hydroxylation is 1. The highest BCUT2D eigenvalue weighted by Crippen LogP contribution is 2.25. The van der Waals surface area contributed by atoms with Gasteiger partial charge in [0.2, 0.25) is 5.91 Å². The second-order valence-corrected chi connectivity index (χ2v) is 8.22. The van der Waals surface area contributed by atoms with Gasteiger partial charge >= 0.3 is 0 Å². The lowest BCUT2D eigenvalue weighted by Gasteiger charge is -2.15. The number of thioether (sulfide) groups is 1. The van der Waals surface area contributed by atoms with Crippen molar-refractivity contribution in [1.82, 2.24) is 20.1 Å². The van der Waals surface area contributed by atoms with Gasteiger partial charge in [-0.25, -0.2) is 0 Å². The summed E-state index contributed by atoms with van der Waals surface area (Å²) in [6.07, 6.45) is 1.62. The Morgan fingerprint density at radius 3 is 2.85 bits per heavy atom. The molecule has 5 nitrogen and oxygen atoms in total. The van der Waals surface area contributed by atoms with Crippen molar-refractivity contribution in [2.45, 2.75) is 25.0 Å². The van der Waals surface area contributed by atoms with Crippen molar-refractivity contribution >= 4 is 45.2 Å². The van der Waals surface area contributed by atoms with Crippen LogP contribution < -0.4 is 5.32 Å². The summed E-state index contributed by atoms with van der Waals surface area (Å²) in [5.74, 6) is 0.173. The quantitative estimate of drug-likeness (QED) is 0.523. The molecule has 1 atom stereocenters. The molecule has 0 aliphatic rings. The second kappa shape index (κ2) is 8.91. The first-order chi connectivity index (χ1) is 13.0. The lowest BCUT2D eigenvalue weighted by molar-refractivity contribution is -0.119. The Bertz CT molecular complexity index is 962. The maximum atomic E-state index is 12.4. The van der Waals surface area contributed by atoms with Gasteiger partial charge in [-0.1, -0.05) is 63.6 Å². The molecule has 0 saturated carbocycles. The molecule has 1 aromatic heterocycles. The van der Waals surface area contributed by atoms with Crippen LogP contribution in [0, 0.1) is 6.92 Å². The summed E-state index contributed by atoms with van der Waals surface area (Å²) in [6, 6.07) is 13.5. The molecule has 0 aliphatic carbocycles. The minimum atomic E-state index is -0.0950. The summed E-state index contributed by atoms with van der Waals surface area (Å²) in [5, 5.41) is 12.4. The van der Waals surface area contributed by atoms with Crippen LogP contribution in [-0.4, -0.2) is 26.4 Å². The van der Waals surface area contributed by atoms with Crippen LogP contribution in [0.25, 0.3) is 5.69 Å². The van der Waals surface area contributed by atoms with Gasteiger partial charge in [0.25, 0.3) is 0 Å². The Labute approximate surface area is 175 Å². The van der Waals surface area contributed by atoms with Gasteiger partial charge in [-0.15, -0.1) is 10.2 Å². The maximum absolute atomic E-state index is 12.4. The zero-order valence-corrected chi connectivity index (χ0v) is 18.0. The Kier molecular flexibility index (Phi) is 6.57. The molecule has 1 amide bonds. The van der Waals surface area contributed by atoms with E-state index in [2.05, 4.69) is 31.4 Å². The highest BCUT2D eigenvalue weighted by molar-refractivity contribution is 9.10. The van der Waals surface area contributed by atoms with Gasteiger partial charge in [-0.2, -0.15) is 0 Å². The summed E-state index contributed by atoms with van der Waals surface area (Å²) < 4.78 is 2.79. The summed E-state index contributed by atoms with van der Waals surface area (Å²) in [4.78, 5) is 12.4. The fourth-order valence-electron chi connectivity index (χ4n) is 2.55. The maximum Gasteiger partial charge on any atom is 0.230 e. The number of halogens is 2. The standard InChI is InChI=1S/C19H18BrClN4OS/c1-12-7-8-14(9-17(12)21)25-11-22-24-19(25)27-10-18(26)23-13(2)15-5-3-4-6-16(15)20/h3-9,11,13H,10H2,1-2H3,(H,23,26). The number of nitrogens with one attached hydrogen (secondary N) is 1. The molecular weight excluding hydrogens is 448 g/mol. The molecule has 8 heteroatoms. The molecule has 27 heavy (non-hydrogen) atoms. The lowest BCUT2D eigenvalue weighted by atomic mass is 10.1. The number of hydrogen-bond acceptors (Lipinski definition) is 4. The van der Waals surface area contributed by atoms with Gasteiger partial charge < -0.3 is 5.32 Å². The van der Waals surface area contributed by atoms with Crippen LogP contribution in [0.1, 0.15) is 24.1 Å². The van der Waals surface area contributed by atoms with E-state index in [1.807, 2.05) is 60.9 Å². The third-order valence-electron chi connectivity index (χ3n) is 4.03. The normalized spacial score (nSPS) is 12.0. The molecule has 3 rings (SSSR count). The van der Waals surface area contributed by atoms with E-state index in [0.29, 0.717) is 10.2 Å². The number of benzene rings is 2. The van der Waals surface area contributed by atoms with E-state index in [1.165, 1.54) is 11.8 Å². The van der Waals surface area contributed by atoms with Crippen LogP contribution >= 0.6 is 39.3 Å². The molecule has 1 heterocycles. The number of rotatable bonds is 6. The first-order valence-electron chi connectivity index (χ1n) is 8.29. The Morgan fingerprint density at radius 1 is 1.33 bits per heavy atom. The first-order valence-corrected chi connectivity index (χ1v) is 10.4. The Balaban J connectivity index is 1.64. The van der Waals surface area contributed by atoms with E-state index in [4.69, 9.17) is 11.6 Å². The van der Waals surface area contributed by atoms with Crippen molar-refractivity contribution in [3.8, 4) is 5.69 Å². The van der Waals surface area contributed by atoms with Crippen molar-refractivity contribution in [2.75, 3.05) is 5.75 Å². The highest BCUT2D eigenvalue weighted by atomic mass is 79.9. The lowest BCUT2D eigenvalue weighted by Crippen LogP contribution is -2.28. The van der Waals surface area contributed by atoms with E-state index in [0.717, 1.165) is 21.3 Å². The predicted molar refractivity (Wildman–Crippen MR) is 113 cm³/mol. The molecule has 3 aromatic rings. The van der Waals surface area contributed by atoms with Crippen molar-refractivity contribution < 1.29 is 4.79 Å². The summed E-state index contributed by atoms with van der Waals surface area (Å²) in [7, 11) is 0. The molecular formula is C19H18BrClN4OS. The summed E-state index contributed by atoms with van der Waals surface area (Å²) >= 11 is 11.1. The van der Waals surface area contributed by atoms with Crippen LogP contribution in [0.15, 0.2) is 58.4 Å². The van der Waals surface area contributed by atoms with Gasteiger partial charge in [-0.3, -0.25) is 9.36 Å². The summed E-state index contributed by atoms with van der Waals surface area (Å²) in [5.41, 5.74) is 2.90. The number of carbonyl (C=O) groups excluding carboxylic acids is 1. The molecule has 1 N–H and O–H groups in total. The third kappa shape index (κ3) is 4.91. The number of carbonyl (C=O) groups is 1. The van der Waals surface area contributed by atoms with Gasteiger partial charge in [0.05, 0.1) is 17.5 Å². The SMILES string of the molecule is Cc1ccc(-n2cnnc2SCC(=O)NC(C)c2ccccc2Br)cc1Cl. The van der Waals surface area contributed by atoms with Gasteiger partial charge in [0.1, 0.15) is 6.33 Å². The van der Waals surface area contributed by atoms with Crippen molar-refractivity contribution in [1.29, 1.82) is 0 Å². The van der Waals surface area contributed by atoms with E-state index < -0.39 is 0 Å². The van der Waals surface area contributed by atoms with Crippen LogP contribution in [0.2, 0.25) is 5.02 Å². The molecule has 2 aromatic carbocycles. The average molecular weight is 466 g/mol. The van der Waals surface area contributed by atoms with Crippen LogP contribution in [-0.2, 0) is 4.79 Å². The monoisotopic (exact) mass is 464 g/mol. The van der Waals surface area contributed by atoms with Crippen molar-refractivity contribution in [3.05, 3.63) is 69.4 Å². The molecule has 0 saturated heterocycles. The Hall–Kier alpha value is -1.83. The zero-order valence-electron chi connectivity index (χ0n) is 14.8. The first kappa shape index (κ1) is 19.9. The smallest absolute Gasteiger partial charge is 0.230 e. The number of amides is 1. The summed E-state index contributed by atoms with van der Waals surface area (Å²) in [6.45, 7) is 3.91. The topological polar surface area (TPSA) is 59.8 Å². The van der Waals surface area contributed by atoms with Gasteiger partial charge in [0.15, 0.2) is 5.16 Å². The predicted octanol–water partition coefficient (Wildman–Crippen LogP) is 4.96. The third-order valence-corrected chi connectivity index (χ3v) is 6.10. The fourth-order valence-corrected chi connectivity index (χ4v) is 4.09. The van der Waals surface area contributed by atoms with E-state index in [-0.39, 0.29) is 17.7 Å². The molecule has 0 aliphatic heterocycles. The molecule has 0 fully saturated rings. The minimum absolute atomic E-state index is 0.0697. The zero-order chi connectivity index (χ0) is 19.4. The number of hydrogen-bond donors (Lipinski definition) is 1. The minimum Gasteiger partial charge on any atom is -0.349 e. The van der Waals surface area contributed by atoms with Crippen molar-refractivity contribution in [2.24, 2.45) is 0 Å². The van der Waals surface area contributed by atoms with Crippen LogP contribution in [0.4, 0.5) is 0 Å². The van der Waals surface area contributed by atoms with Crippen LogP contribution in [0.3, 0.4) is 0 Å². The molecule has 0 bridgehead atoms. The van der Waals surface area contributed by atoms with E-state index in [1.54, 1.807) is 6.33 Å². The highest BCUT2D eigenvalue weighted by Gasteiger charge is 2.14. The Morgan fingerprint density at radius 2 is 2.11 bits per heavy atom. The largest absolute Gasteiger partial charge is 0.349 e. The van der Waals surface area contributed by atoms with E-state index in [9.17, 15) is 4.79 Å². The van der Waals surface area contributed by atoms with Crippen LogP contribution in [0.5, 0.6) is 0 Å². The average Bonchev–Trinajstić information content (AvgIpc) is 3.11. The van der Waals surface area contributed by atoms with E-state index >= 15 is 0 Å². The fraction of sp³-hybridized carbons (Fsp3) is 0.211. The molecule has 0 radical (unpaired) electrons. The second-order valence-electron chi connectivity index (χ2n) is 6.02. The molecule has 140 valence electrons. The number of aromatic nitrogens is 3. The number of nitrogens with zero attached hydrogens (tertiary/aromatic N) is 3. The molecule has 1 unspecified atom stereocenters. The van der Waals surface area contributed by atoms with Gasteiger partial charge in [-0.05, 0) is 43.2 Å². The molecule has 0 spiro atoms.